The van der Waals surface area contributed by atoms with Crippen molar-refractivity contribution in [3.63, 3.8) is 0 Å². The van der Waals surface area contributed by atoms with E-state index in [-0.39, 0.29) is 27.7 Å². The summed E-state index contributed by atoms with van der Waals surface area (Å²) in [5.74, 6) is -1.08. The van der Waals surface area contributed by atoms with Gasteiger partial charge in [-0.15, -0.1) is 0 Å². The van der Waals surface area contributed by atoms with E-state index in [1.54, 1.807) is 0 Å². The molecule has 1 N–H and O–H groups in total. The van der Waals surface area contributed by atoms with Gasteiger partial charge in [-0.05, 0) is 24.7 Å². The Balaban J connectivity index is 2.16. The van der Waals surface area contributed by atoms with Gasteiger partial charge in [0, 0.05) is 19.2 Å². The Morgan fingerprint density at radius 1 is 1.06 bits per heavy atom. The fourth-order valence-corrected chi connectivity index (χ4v) is 4.31. The molecule has 1 amide bonds. The summed E-state index contributed by atoms with van der Waals surface area (Å²) in [4.78, 5) is 30.0. The molecule has 0 spiro atoms. The highest BCUT2D eigenvalue weighted by molar-refractivity contribution is 6.46. The van der Waals surface area contributed by atoms with E-state index in [4.69, 9.17) is 21.1 Å². The molecular weight excluding hydrogens is 444 g/mol. The average Bonchev–Trinajstić information content (AvgIpc) is 3.09. The number of rotatable bonds is 9. The Hall–Kier alpha value is -3.03. The van der Waals surface area contributed by atoms with E-state index in [1.165, 1.54) is 31.3 Å². The lowest BCUT2D eigenvalue weighted by Gasteiger charge is -2.28. The minimum atomic E-state index is -0.741. The molecule has 2 aromatic rings. The molecule has 1 heterocycles. The molecule has 1 unspecified atom stereocenters. The Morgan fingerprint density at radius 3 is 2.27 bits per heavy atom. The first kappa shape index (κ1) is 24.6. The minimum absolute atomic E-state index is 0.00489. The number of benzene rings is 2. The lowest BCUT2D eigenvalue weighted by atomic mass is 9.95. The van der Waals surface area contributed by atoms with Crippen molar-refractivity contribution in [3.8, 4) is 11.5 Å². The number of hydrogen-bond donors (Lipinski definition) is 1. The van der Waals surface area contributed by atoms with Crippen LogP contribution in [0.5, 0.6) is 11.5 Å². The zero-order valence-corrected chi connectivity index (χ0v) is 20.1. The molecule has 0 saturated carbocycles. The third kappa shape index (κ3) is 4.84. The number of carbonyl (C=O) groups excluding carboxylic acids is 2. The topological polar surface area (TPSA) is 79.3 Å². The molecule has 0 radical (unpaired) electrons. The van der Waals surface area contributed by atoms with Crippen molar-refractivity contribution in [3.05, 3.63) is 64.2 Å². The fraction of sp³-hybridized carbons (Fsp3) is 0.360. The predicted octanol–water partition coefficient (Wildman–Crippen LogP) is 4.12. The average molecular weight is 473 g/mol. The molecule has 1 saturated heterocycles. The van der Waals surface area contributed by atoms with E-state index in [1.807, 2.05) is 44.2 Å². The van der Waals surface area contributed by atoms with Crippen LogP contribution in [0.15, 0.2) is 48.0 Å². The number of Topliss-reactive ketones (excluding diaryl/α,β-unsaturated/α-hetero) is 1. The number of hydrogen-bond acceptors (Lipinski definition) is 6. The molecule has 0 bridgehead atoms. The number of amides is 1. The van der Waals surface area contributed by atoms with Crippen molar-refractivity contribution < 1.29 is 24.2 Å². The minimum Gasteiger partial charge on any atom is -0.507 e. The molecule has 33 heavy (non-hydrogen) atoms. The van der Waals surface area contributed by atoms with Crippen molar-refractivity contribution in [2.45, 2.75) is 19.9 Å². The Kier molecular flexibility index (Phi) is 8.00. The molecule has 0 aromatic heterocycles. The van der Waals surface area contributed by atoms with Gasteiger partial charge in [0.1, 0.15) is 17.3 Å². The lowest BCUT2D eigenvalue weighted by molar-refractivity contribution is -0.140. The van der Waals surface area contributed by atoms with Gasteiger partial charge in [-0.1, -0.05) is 55.8 Å². The Bertz CT molecular complexity index is 1050. The molecule has 0 aliphatic carbocycles. The van der Waals surface area contributed by atoms with Crippen LogP contribution in [0, 0.1) is 0 Å². The molecule has 8 heteroatoms. The van der Waals surface area contributed by atoms with Gasteiger partial charge in [0.15, 0.2) is 0 Å². The second-order valence-corrected chi connectivity index (χ2v) is 8.02. The highest BCUT2D eigenvalue weighted by atomic mass is 35.5. The quantitative estimate of drug-likeness (QED) is 0.336. The summed E-state index contributed by atoms with van der Waals surface area (Å²) in [5, 5.41) is 11.6. The molecule has 3 rings (SSSR count). The summed E-state index contributed by atoms with van der Waals surface area (Å²) in [6.07, 6.45) is 0. The van der Waals surface area contributed by atoms with Crippen LogP contribution in [0.1, 0.15) is 31.0 Å². The van der Waals surface area contributed by atoms with Crippen LogP contribution in [0.3, 0.4) is 0 Å². The summed E-state index contributed by atoms with van der Waals surface area (Å²) in [6.45, 7) is 6.72. The van der Waals surface area contributed by atoms with E-state index in [0.29, 0.717) is 18.8 Å². The fourth-order valence-electron chi connectivity index (χ4n) is 4.07. The van der Waals surface area contributed by atoms with Crippen LogP contribution in [0.4, 0.5) is 0 Å². The van der Waals surface area contributed by atoms with Crippen LogP contribution in [0.2, 0.25) is 5.02 Å². The molecule has 176 valence electrons. The lowest BCUT2D eigenvalue weighted by Crippen LogP contribution is -2.38. The van der Waals surface area contributed by atoms with Crippen LogP contribution in [-0.4, -0.2) is 67.0 Å². The van der Waals surface area contributed by atoms with Crippen molar-refractivity contribution in [1.29, 1.82) is 0 Å². The number of halogens is 1. The number of ether oxygens (including phenoxy) is 2. The maximum absolute atomic E-state index is 13.2. The first-order chi connectivity index (χ1) is 15.9. The third-order valence-electron chi connectivity index (χ3n) is 5.94. The van der Waals surface area contributed by atoms with Crippen molar-refractivity contribution in [1.82, 2.24) is 9.80 Å². The van der Waals surface area contributed by atoms with Crippen molar-refractivity contribution in [2.24, 2.45) is 0 Å². The summed E-state index contributed by atoms with van der Waals surface area (Å²) in [5.41, 5.74) is 0.952. The van der Waals surface area contributed by atoms with E-state index < -0.39 is 17.7 Å². The summed E-state index contributed by atoms with van der Waals surface area (Å²) < 4.78 is 10.6. The number of carbonyl (C=O) groups is 2. The highest BCUT2D eigenvalue weighted by Crippen LogP contribution is 2.42. The molecular formula is C25H29ClN2O5. The number of likely N-dealkylation sites (tertiary alicyclic amines) is 1. The number of aliphatic hydroxyl groups is 1. The van der Waals surface area contributed by atoms with E-state index >= 15 is 0 Å². The molecule has 7 nitrogen and oxygen atoms in total. The highest BCUT2D eigenvalue weighted by Gasteiger charge is 2.46. The van der Waals surface area contributed by atoms with Crippen molar-refractivity contribution >= 4 is 29.1 Å². The van der Waals surface area contributed by atoms with Gasteiger partial charge in [0.05, 0.1) is 36.4 Å². The second-order valence-electron chi connectivity index (χ2n) is 7.62. The zero-order valence-electron chi connectivity index (χ0n) is 19.3. The third-order valence-corrected chi connectivity index (χ3v) is 6.23. The maximum atomic E-state index is 13.2. The molecule has 1 aliphatic rings. The van der Waals surface area contributed by atoms with Gasteiger partial charge in [0.25, 0.3) is 11.7 Å². The Labute approximate surface area is 199 Å². The van der Waals surface area contributed by atoms with Crippen LogP contribution in [0.25, 0.3) is 5.76 Å². The van der Waals surface area contributed by atoms with E-state index in [2.05, 4.69) is 4.90 Å². The van der Waals surface area contributed by atoms with E-state index in [0.717, 1.165) is 18.7 Å². The molecule has 1 aliphatic heterocycles. The SMILES string of the molecule is CCN(CC)CCN1C(=O)C(=O)/C(=C(/O)c2cc(Cl)c(OC)cc2OC)C1c1ccccc1. The first-order valence-electron chi connectivity index (χ1n) is 10.8. The Morgan fingerprint density at radius 2 is 1.70 bits per heavy atom. The molecule has 2 aromatic carbocycles. The van der Waals surface area contributed by atoms with Crippen LogP contribution in [-0.2, 0) is 9.59 Å². The van der Waals surface area contributed by atoms with Gasteiger partial charge < -0.3 is 24.4 Å². The van der Waals surface area contributed by atoms with Gasteiger partial charge in [0.2, 0.25) is 0 Å². The molecule has 1 atom stereocenters. The smallest absolute Gasteiger partial charge is 0.295 e. The first-order valence-corrected chi connectivity index (χ1v) is 11.2. The van der Waals surface area contributed by atoms with Gasteiger partial charge in [-0.3, -0.25) is 9.59 Å². The van der Waals surface area contributed by atoms with Gasteiger partial charge in [-0.25, -0.2) is 0 Å². The van der Waals surface area contributed by atoms with E-state index in [9.17, 15) is 14.7 Å². The van der Waals surface area contributed by atoms with Crippen molar-refractivity contribution in [2.75, 3.05) is 40.4 Å². The monoisotopic (exact) mass is 472 g/mol. The number of aliphatic hydroxyl groups excluding tert-OH is 1. The predicted molar refractivity (Wildman–Crippen MR) is 128 cm³/mol. The van der Waals surface area contributed by atoms with Gasteiger partial charge >= 0.3 is 0 Å². The van der Waals surface area contributed by atoms with Crippen LogP contribution < -0.4 is 9.47 Å². The largest absolute Gasteiger partial charge is 0.507 e. The van der Waals surface area contributed by atoms with Crippen LogP contribution >= 0.6 is 11.6 Å². The maximum Gasteiger partial charge on any atom is 0.295 e. The second kappa shape index (κ2) is 10.7. The number of nitrogens with zero attached hydrogens (tertiary/aromatic N) is 2. The number of ketones is 1. The summed E-state index contributed by atoms with van der Waals surface area (Å²) in [7, 11) is 2.91. The molecule has 1 fully saturated rings. The normalized spacial score (nSPS) is 17.6. The standard InChI is InChI=1S/C25H29ClN2O5/c1-5-27(6-2)12-13-28-22(16-10-8-7-9-11-16)21(24(30)25(28)31)23(29)17-14-18(26)20(33-4)15-19(17)32-3/h7-11,14-15,22,29H,5-6,12-13H2,1-4H3/b23-21+. The zero-order chi connectivity index (χ0) is 24.1. The number of likely N-dealkylation sites (N-methyl/N-ethyl adjacent to an activating group) is 1. The summed E-state index contributed by atoms with van der Waals surface area (Å²) >= 11 is 6.29. The summed E-state index contributed by atoms with van der Waals surface area (Å²) in [6, 6.07) is 11.5. The van der Waals surface area contributed by atoms with Gasteiger partial charge in [-0.2, -0.15) is 0 Å². The number of methoxy groups -OCH3 is 2.